The van der Waals surface area contributed by atoms with Gasteiger partial charge in [-0.05, 0) is 51.2 Å². The average Bonchev–Trinajstić information content (AvgIpc) is 2.25. The van der Waals surface area contributed by atoms with E-state index in [0.717, 1.165) is 12.5 Å². The van der Waals surface area contributed by atoms with Crippen LogP contribution in [0.4, 0.5) is 0 Å². The molecule has 0 bridgehead atoms. The molecule has 0 aliphatic heterocycles. The van der Waals surface area contributed by atoms with Crippen LogP contribution in [0.2, 0.25) is 0 Å². The van der Waals surface area contributed by atoms with Crippen LogP contribution in [-0.2, 0) is 0 Å². The molecule has 0 aromatic heterocycles. The molecule has 0 heterocycles. The number of hydrogen-bond donors (Lipinski definition) is 1. The van der Waals surface area contributed by atoms with Crippen LogP contribution in [0, 0.1) is 11.3 Å². The summed E-state index contributed by atoms with van der Waals surface area (Å²) < 4.78 is 0. The second-order valence-corrected chi connectivity index (χ2v) is 7.13. The van der Waals surface area contributed by atoms with E-state index < -0.39 is 0 Å². The van der Waals surface area contributed by atoms with Gasteiger partial charge in [-0.25, -0.2) is 0 Å². The smallest absolute Gasteiger partial charge is 0.0128 e. The normalized spacial score (nSPS) is 16.3. The molecule has 18 heavy (non-hydrogen) atoms. The standard InChI is InChI=1S/C16H36N2/c1-9-11-17-15(16(5,6)7)10-12-18(8)14(4)13(2)3/h13-15,17H,9-12H2,1-8H3. The van der Waals surface area contributed by atoms with Crippen molar-refractivity contribution >= 4 is 0 Å². The van der Waals surface area contributed by atoms with Crippen LogP contribution < -0.4 is 5.32 Å². The number of rotatable bonds is 8. The zero-order chi connectivity index (χ0) is 14.3. The summed E-state index contributed by atoms with van der Waals surface area (Å²) in [5, 5.41) is 3.71. The van der Waals surface area contributed by atoms with Gasteiger partial charge >= 0.3 is 0 Å². The van der Waals surface area contributed by atoms with Gasteiger partial charge in [-0.15, -0.1) is 0 Å². The summed E-state index contributed by atoms with van der Waals surface area (Å²) >= 11 is 0. The van der Waals surface area contributed by atoms with Crippen molar-refractivity contribution in [3.8, 4) is 0 Å². The van der Waals surface area contributed by atoms with E-state index in [4.69, 9.17) is 0 Å². The average molecular weight is 256 g/mol. The van der Waals surface area contributed by atoms with Crippen molar-refractivity contribution in [2.75, 3.05) is 20.1 Å². The molecular formula is C16H36N2. The van der Waals surface area contributed by atoms with Gasteiger partial charge in [-0.2, -0.15) is 0 Å². The van der Waals surface area contributed by atoms with Crippen molar-refractivity contribution in [2.24, 2.45) is 11.3 Å². The van der Waals surface area contributed by atoms with Crippen molar-refractivity contribution in [1.29, 1.82) is 0 Å². The molecule has 0 saturated carbocycles. The van der Waals surface area contributed by atoms with Gasteiger partial charge in [0, 0.05) is 12.1 Å². The molecule has 0 spiro atoms. The first-order chi connectivity index (χ1) is 8.20. The quantitative estimate of drug-likeness (QED) is 0.711. The Morgan fingerprint density at radius 2 is 1.67 bits per heavy atom. The molecule has 110 valence electrons. The minimum absolute atomic E-state index is 0.344. The van der Waals surface area contributed by atoms with Gasteiger partial charge in [0.15, 0.2) is 0 Å². The van der Waals surface area contributed by atoms with Crippen LogP contribution in [0.1, 0.15) is 61.3 Å². The summed E-state index contributed by atoms with van der Waals surface area (Å²) in [6.07, 6.45) is 2.45. The zero-order valence-corrected chi connectivity index (χ0v) is 14.0. The maximum atomic E-state index is 3.71. The lowest BCUT2D eigenvalue weighted by Gasteiger charge is -2.35. The van der Waals surface area contributed by atoms with E-state index in [1.807, 2.05) is 0 Å². The van der Waals surface area contributed by atoms with Gasteiger partial charge in [0.2, 0.25) is 0 Å². The fourth-order valence-corrected chi connectivity index (χ4v) is 2.21. The second kappa shape index (κ2) is 8.16. The Bertz CT molecular complexity index is 206. The van der Waals surface area contributed by atoms with Gasteiger partial charge in [-0.1, -0.05) is 41.5 Å². The lowest BCUT2D eigenvalue weighted by Crippen LogP contribution is -2.44. The molecule has 2 nitrogen and oxygen atoms in total. The van der Waals surface area contributed by atoms with E-state index in [9.17, 15) is 0 Å². The minimum atomic E-state index is 0.344. The highest BCUT2D eigenvalue weighted by Gasteiger charge is 2.24. The van der Waals surface area contributed by atoms with Crippen LogP contribution >= 0.6 is 0 Å². The molecule has 1 N–H and O–H groups in total. The van der Waals surface area contributed by atoms with Gasteiger partial charge < -0.3 is 10.2 Å². The number of nitrogens with zero attached hydrogens (tertiary/aromatic N) is 1. The van der Waals surface area contributed by atoms with E-state index in [1.54, 1.807) is 0 Å². The van der Waals surface area contributed by atoms with Crippen LogP contribution in [-0.4, -0.2) is 37.1 Å². The highest BCUT2D eigenvalue weighted by Crippen LogP contribution is 2.22. The Hall–Kier alpha value is -0.0800. The largest absolute Gasteiger partial charge is 0.313 e. The molecule has 0 aliphatic carbocycles. The summed E-state index contributed by atoms with van der Waals surface area (Å²) in [6.45, 7) is 18.5. The first-order valence-corrected chi connectivity index (χ1v) is 7.63. The van der Waals surface area contributed by atoms with E-state index in [-0.39, 0.29) is 0 Å². The lowest BCUT2D eigenvalue weighted by atomic mass is 9.84. The predicted octanol–water partition coefficient (Wildman–Crippen LogP) is 3.77. The van der Waals surface area contributed by atoms with Crippen LogP contribution in [0.25, 0.3) is 0 Å². The van der Waals surface area contributed by atoms with Crippen molar-refractivity contribution in [3.05, 3.63) is 0 Å². The molecule has 0 aliphatic rings. The van der Waals surface area contributed by atoms with Crippen molar-refractivity contribution in [3.63, 3.8) is 0 Å². The summed E-state index contributed by atoms with van der Waals surface area (Å²) in [7, 11) is 2.25. The second-order valence-electron chi connectivity index (χ2n) is 7.13. The fourth-order valence-electron chi connectivity index (χ4n) is 2.21. The van der Waals surface area contributed by atoms with E-state index in [2.05, 4.69) is 65.7 Å². The van der Waals surface area contributed by atoms with Crippen molar-refractivity contribution in [2.45, 2.75) is 73.4 Å². The topological polar surface area (TPSA) is 15.3 Å². The van der Waals surface area contributed by atoms with E-state index in [1.165, 1.54) is 19.4 Å². The van der Waals surface area contributed by atoms with Crippen LogP contribution in [0.5, 0.6) is 0 Å². The van der Waals surface area contributed by atoms with Gasteiger partial charge in [-0.3, -0.25) is 0 Å². The van der Waals surface area contributed by atoms with E-state index in [0.29, 0.717) is 17.5 Å². The summed E-state index contributed by atoms with van der Waals surface area (Å²) in [5.41, 5.74) is 0.344. The first kappa shape index (κ1) is 17.9. The van der Waals surface area contributed by atoms with Crippen LogP contribution in [0.15, 0.2) is 0 Å². The molecule has 2 unspecified atom stereocenters. The van der Waals surface area contributed by atoms with Gasteiger partial charge in [0.25, 0.3) is 0 Å². The highest BCUT2D eigenvalue weighted by molar-refractivity contribution is 4.82. The zero-order valence-electron chi connectivity index (χ0n) is 14.0. The maximum Gasteiger partial charge on any atom is 0.0128 e. The van der Waals surface area contributed by atoms with Crippen molar-refractivity contribution < 1.29 is 0 Å². The molecule has 2 heteroatoms. The molecule has 0 aromatic rings. The van der Waals surface area contributed by atoms with Crippen LogP contribution in [0.3, 0.4) is 0 Å². The molecule has 0 amide bonds. The Balaban J connectivity index is 4.26. The van der Waals surface area contributed by atoms with Gasteiger partial charge in [0.05, 0.1) is 0 Å². The third-order valence-corrected chi connectivity index (χ3v) is 4.12. The predicted molar refractivity (Wildman–Crippen MR) is 83.1 cm³/mol. The third kappa shape index (κ3) is 6.75. The molecule has 0 saturated heterocycles. The van der Waals surface area contributed by atoms with Gasteiger partial charge in [0.1, 0.15) is 0 Å². The molecule has 0 radical (unpaired) electrons. The first-order valence-electron chi connectivity index (χ1n) is 7.63. The Labute approximate surface area is 116 Å². The maximum absolute atomic E-state index is 3.71. The SMILES string of the molecule is CCCNC(CCN(C)C(C)C(C)C)C(C)(C)C. The molecular weight excluding hydrogens is 220 g/mol. The molecule has 0 rings (SSSR count). The number of hydrogen-bond acceptors (Lipinski definition) is 2. The Kier molecular flexibility index (Phi) is 8.13. The van der Waals surface area contributed by atoms with E-state index >= 15 is 0 Å². The number of nitrogens with one attached hydrogen (secondary N) is 1. The molecule has 2 atom stereocenters. The highest BCUT2D eigenvalue weighted by atomic mass is 15.1. The third-order valence-electron chi connectivity index (χ3n) is 4.12. The summed E-state index contributed by atoms with van der Waals surface area (Å²) in [5.74, 6) is 0.728. The summed E-state index contributed by atoms with van der Waals surface area (Å²) in [4.78, 5) is 2.50. The monoisotopic (exact) mass is 256 g/mol. The lowest BCUT2D eigenvalue weighted by molar-refractivity contribution is 0.173. The molecule has 0 aromatic carbocycles. The Morgan fingerprint density at radius 3 is 2.06 bits per heavy atom. The summed E-state index contributed by atoms with van der Waals surface area (Å²) in [6, 6.07) is 1.27. The minimum Gasteiger partial charge on any atom is -0.313 e. The Morgan fingerprint density at radius 1 is 1.11 bits per heavy atom. The molecule has 0 fully saturated rings. The van der Waals surface area contributed by atoms with Crippen molar-refractivity contribution in [1.82, 2.24) is 10.2 Å². The fraction of sp³-hybridized carbons (Fsp3) is 1.00.